The van der Waals surface area contributed by atoms with Crippen molar-refractivity contribution >= 4 is 23.7 Å². The number of hydrogen-bond acceptors (Lipinski definition) is 8. The Bertz CT molecular complexity index is 1390. The number of carbonyl (C=O) groups excluding carboxylic acids is 3. The Morgan fingerprint density at radius 3 is 2.36 bits per heavy atom. The average Bonchev–Trinajstić information content (AvgIpc) is 3.79. The number of aromatic nitrogens is 2. The van der Waals surface area contributed by atoms with Gasteiger partial charge in [-0.05, 0) is 49.6 Å². The summed E-state index contributed by atoms with van der Waals surface area (Å²) in [5.41, 5.74) is 1.23. The smallest absolute Gasteiger partial charge is 0.323 e. The largest absolute Gasteiger partial charge is 0.480 e. The van der Waals surface area contributed by atoms with Crippen LogP contribution >= 0.6 is 0 Å². The predicted octanol–water partition coefficient (Wildman–Crippen LogP) is 2.04. The van der Waals surface area contributed by atoms with Crippen molar-refractivity contribution < 1.29 is 34.5 Å². The van der Waals surface area contributed by atoms with Crippen molar-refractivity contribution in [2.75, 3.05) is 13.6 Å². The Morgan fingerprint density at radius 2 is 1.72 bits per heavy atom. The first-order chi connectivity index (χ1) is 23.9. The van der Waals surface area contributed by atoms with Crippen LogP contribution in [0.25, 0.3) is 0 Å². The number of carboxylic acids is 1. The lowest BCUT2D eigenvalue weighted by Gasteiger charge is -2.35. The van der Waals surface area contributed by atoms with Crippen LogP contribution in [-0.2, 0) is 38.6 Å². The number of hydrogen-bond donors (Lipinski definition) is 6. The van der Waals surface area contributed by atoms with E-state index in [1.807, 2.05) is 44.2 Å². The lowest BCUT2D eigenvalue weighted by atomic mass is 9.82. The van der Waals surface area contributed by atoms with E-state index in [1.165, 1.54) is 29.0 Å². The highest BCUT2D eigenvalue weighted by Gasteiger charge is 2.37. The second-order valence-electron chi connectivity index (χ2n) is 14.5. The third-order valence-corrected chi connectivity index (χ3v) is 9.96. The number of likely N-dealkylation sites (N-methyl/N-ethyl adjacent to an activating group) is 1. The maximum atomic E-state index is 14.4. The summed E-state index contributed by atoms with van der Waals surface area (Å²) in [5.74, 6) is -1.95. The molecule has 2 fully saturated rings. The summed E-state index contributed by atoms with van der Waals surface area (Å²) in [5, 5.41) is 40.8. The maximum absolute atomic E-state index is 14.4. The van der Waals surface area contributed by atoms with Gasteiger partial charge in [0.1, 0.15) is 24.7 Å². The molecule has 6 N–H and O–H groups in total. The molecule has 0 spiro atoms. The van der Waals surface area contributed by atoms with E-state index >= 15 is 0 Å². The number of aliphatic hydroxyl groups excluding tert-OH is 2. The monoisotopic (exact) mass is 696 g/mol. The summed E-state index contributed by atoms with van der Waals surface area (Å²) in [6, 6.07) is 6.05. The fourth-order valence-electron chi connectivity index (χ4n) is 7.22. The molecule has 1 aromatic carbocycles. The highest BCUT2D eigenvalue weighted by molar-refractivity contribution is 5.93. The van der Waals surface area contributed by atoms with E-state index in [0.29, 0.717) is 31.5 Å². The Kier molecular flexibility index (Phi) is 14.8. The first-order valence-corrected chi connectivity index (χ1v) is 18.1. The molecule has 1 aliphatic carbocycles. The van der Waals surface area contributed by atoms with Gasteiger partial charge in [0.15, 0.2) is 0 Å². The van der Waals surface area contributed by atoms with Crippen molar-refractivity contribution in [1.82, 2.24) is 30.4 Å². The number of aliphatic hydroxyl groups is 2. The van der Waals surface area contributed by atoms with Crippen LogP contribution in [0.15, 0.2) is 42.9 Å². The van der Waals surface area contributed by atoms with Crippen LogP contribution in [0.2, 0.25) is 0 Å². The Hall–Kier alpha value is -3.81. The van der Waals surface area contributed by atoms with Crippen molar-refractivity contribution in [3.63, 3.8) is 0 Å². The highest BCUT2D eigenvalue weighted by Crippen LogP contribution is 2.29. The van der Waals surface area contributed by atoms with Gasteiger partial charge in [0.2, 0.25) is 17.7 Å². The zero-order chi connectivity index (χ0) is 36.2. The summed E-state index contributed by atoms with van der Waals surface area (Å²) in [7, 11) is 1.51. The molecule has 6 atom stereocenters. The standard InChI is InChI=1S/C37H56N6O7/c1-24(2)17-32(44)34(47)29(18-25-11-6-4-7-12-25)40-36(49)31(20-27-21-43(23-39-27)22-33(45)46)42(3)37(50)30(19-26-13-8-5-9-14-26)41-35(48)28-15-10-16-38-28/h5,8-9,13-14,21,23-25,28-32,34,38,44,47H,4,6-7,10-12,15-20,22H2,1-3H3,(H,40,49)(H,41,48)(H,45,46)/t28-,29-,30-,31-,32-,34+/m0/s1. The summed E-state index contributed by atoms with van der Waals surface area (Å²) < 4.78 is 1.39. The van der Waals surface area contributed by atoms with Gasteiger partial charge in [0.25, 0.3) is 0 Å². The quantitative estimate of drug-likeness (QED) is 0.136. The van der Waals surface area contributed by atoms with Crippen LogP contribution in [0.5, 0.6) is 0 Å². The second-order valence-corrected chi connectivity index (χ2v) is 14.5. The molecule has 0 unspecified atom stereocenters. The fraction of sp³-hybridized carbons (Fsp3) is 0.649. The molecule has 13 heteroatoms. The van der Waals surface area contributed by atoms with Gasteiger partial charge in [-0.1, -0.05) is 76.3 Å². The number of carbonyl (C=O) groups is 4. The van der Waals surface area contributed by atoms with Gasteiger partial charge >= 0.3 is 5.97 Å². The van der Waals surface area contributed by atoms with E-state index in [2.05, 4.69) is 20.9 Å². The number of aliphatic carboxylic acids is 1. The highest BCUT2D eigenvalue weighted by atomic mass is 16.4. The molecule has 1 aliphatic heterocycles. The van der Waals surface area contributed by atoms with Gasteiger partial charge in [0.05, 0.1) is 30.2 Å². The van der Waals surface area contributed by atoms with Crippen molar-refractivity contribution in [2.45, 2.75) is 127 Å². The van der Waals surface area contributed by atoms with Gasteiger partial charge in [-0.2, -0.15) is 0 Å². The van der Waals surface area contributed by atoms with Gasteiger partial charge in [-0.25, -0.2) is 4.98 Å². The van der Waals surface area contributed by atoms with E-state index in [1.54, 1.807) is 0 Å². The first kappa shape index (κ1) is 39.0. The summed E-state index contributed by atoms with van der Waals surface area (Å²) in [4.78, 5) is 59.0. The molecule has 2 aromatic rings. The molecule has 2 heterocycles. The summed E-state index contributed by atoms with van der Waals surface area (Å²) in [6.07, 6.45) is 8.37. The number of benzene rings is 1. The minimum atomic E-state index is -1.22. The van der Waals surface area contributed by atoms with Crippen LogP contribution in [0.4, 0.5) is 0 Å². The van der Waals surface area contributed by atoms with Gasteiger partial charge in [-0.15, -0.1) is 0 Å². The van der Waals surface area contributed by atoms with E-state index in [9.17, 15) is 34.5 Å². The molecule has 276 valence electrons. The Morgan fingerprint density at radius 1 is 1.00 bits per heavy atom. The van der Waals surface area contributed by atoms with Crippen LogP contribution in [0, 0.1) is 11.8 Å². The summed E-state index contributed by atoms with van der Waals surface area (Å²) >= 11 is 0. The zero-order valence-electron chi connectivity index (χ0n) is 29.7. The molecule has 0 bridgehead atoms. The lowest BCUT2D eigenvalue weighted by molar-refractivity contribution is -0.142. The van der Waals surface area contributed by atoms with Crippen molar-refractivity contribution in [1.29, 1.82) is 0 Å². The molecule has 4 rings (SSSR count). The third kappa shape index (κ3) is 11.6. The summed E-state index contributed by atoms with van der Waals surface area (Å²) in [6.45, 7) is 4.31. The molecule has 13 nitrogen and oxygen atoms in total. The number of carboxylic acid groups (broad SMARTS) is 1. The van der Waals surface area contributed by atoms with Crippen LogP contribution in [0.3, 0.4) is 0 Å². The minimum absolute atomic E-state index is 0.0440. The number of nitrogens with zero attached hydrogens (tertiary/aromatic N) is 3. The van der Waals surface area contributed by atoms with E-state index in [-0.39, 0.29) is 37.1 Å². The van der Waals surface area contributed by atoms with Gasteiger partial charge in [0, 0.05) is 26.1 Å². The minimum Gasteiger partial charge on any atom is -0.480 e. The molecule has 1 saturated heterocycles. The number of nitrogens with one attached hydrogen (secondary N) is 3. The van der Waals surface area contributed by atoms with E-state index < -0.39 is 54.2 Å². The predicted molar refractivity (Wildman–Crippen MR) is 188 cm³/mol. The lowest BCUT2D eigenvalue weighted by Crippen LogP contribution is -2.59. The van der Waals surface area contributed by atoms with E-state index in [4.69, 9.17) is 0 Å². The molecule has 1 saturated carbocycles. The molecule has 0 radical (unpaired) electrons. The van der Waals surface area contributed by atoms with Crippen molar-refractivity contribution in [3.8, 4) is 0 Å². The van der Waals surface area contributed by atoms with E-state index in [0.717, 1.165) is 44.1 Å². The Labute approximate surface area is 295 Å². The number of imidazole rings is 1. The third-order valence-electron chi connectivity index (χ3n) is 9.96. The first-order valence-electron chi connectivity index (χ1n) is 18.1. The van der Waals surface area contributed by atoms with Crippen molar-refractivity contribution in [3.05, 3.63) is 54.1 Å². The topological polar surface area (TPSA) is 186 Å². The van der Waals surface area contributed by atoms with Crippen LogP contribution < -0.4 is 16.0 Å². The molecule has 1 aromatic heterocycles. The van der Waals surface area contributed by atoms with Crippen molar-refractivity contribution in [2.24, 2.45) is 11.8 Å². The molecule has 50 heavy (non-hydrogen) atoms. The normalized spacial score (nSPS) is 19.7. The van der Waals surface area contributed by atoms with Gasteiger partial charge < -0.3 is 40.7 Å². The zero-order valence-corrected chi connectivity index (χ0v) is 29.7. The van der Waals surface area contributed by atoms with Crippen LogP contribution in [0.1, 0.15) is 82.9 Å². The van der Waals surface area contributed by atoms with Gasteiger partial charge in [-0.3, -0.25) is 19.2 Å². The maximum Gasteiger partial charge on any atom is 0.323 e. The molecular weight excluding hydrogens is 640 g/mol. The second kappa shape index (κ2) is 19.0. The SMILES string of the molecule is CC(C)C[C@H](O)[C@H](O)[C@H](CC1CCCCC1)NC(=O)[C@H](Cc1cn(CC(=O)O)cn1)N(C)C(=O)[C@H](Cc1ccccc1)NC(=O)[C@@H]1CCCN1. The molecule has 3 amide bonds. The molecule has 2 aliphatic rings. The number of amides is 3. The Balaban J connectivity index is 1.63. The fourth-order valence-corrected chi connectivity index (χ4v) is 7.22. The van der Waals surface area contributed by atoms with Crippen LogP contribution in [-0.4, -0.2) is 103 Å². The number of rotatable bonds is 18. The average molecular weight is 697 g/mol. The molecular formula is C37H56N6O7.